The van der Waals surface area contributed by atoms with Gasteiger partial charge in [-0.3, -0.25) is 14.9 Å². The number of likely N-dealkylation sites (tertiary alicyclic amines) is 1. The van der Waals surface area contributed by atoms with Crippen LogP contribution in [0.15, 0.2) is 53.7 Å². The van der Waals surface area contributed by atoms with Crippen molar-refractivity contribution in [3.05, 3.63) is 59.9 Å². The maximum absolute atomic E-state index is 5.50. The predicted octanol–water partition coefficient (Wildman–Crippen LogP) is 4.12. The van der Waals surface area contributed by atoms with Crippen molar-refractivity contribution in [3.63, 3.8) is 0 Å². The van der Waals surface area contributed by atoms with Gasteiger partial charge in [-0.25, -0.2) is 0 Å². The number of aromatic nitrogens is 1. The number of hydrogen-bond acceptors (Lipinski definition) is 4. The number of guanidine groups is 1. The van der Waals surface area contributed by atoms with E-state index in [9.17, 15) is 0 Å². The Bertz CT molecular complexity index is 886. The van der Waals surface area contributed by atoms with Gasteiger partial charge in [-0.15, -0.1) is 0 Å². The minimum Gasteiger partial charge on any atom is -0.497 e. The first-order valence-electron chi connectivity index (χ1n) is 12.5. The van der Waals surface area contributed by atoms with Crippen LogP contribution in [-0.4, -0.2) is 55.2 Å². The number of benzene rings is 1. The van der Waals surface area contributed by atoms with Crippen LogP contribution in [0.4, 0.5) is 0 Å². The molecule has 0 amide bonds. The minimum absolute atomic E-state index is 0.114. The van der Waals surface area contributed by atoms with Crippen LogP contribution in [-0.2, 0) is 12.0 Å². The summed E-state index contributed by atoms with van der Waals surface area (Å²) in [6.45, 7) is 6.93. The lowest BCUT2D eigenvalue weighted by molar-refractivity contribution is 0.196. The van der Waals surface area contributed by atoms with Crippen LogP contribution in [0.1, 0.15) is 56.7 Å². The summed E-state index contributed by atoms with van der Waals surface area (Å²) in [7, 11) is 1.74. The maximum Gasteiger partial charge on any atom is 0.191 e. The summed E-state index contributed by atoms with van der Waals surface area (Å²) in [5.41, 5.74) is 2.63. The number of methoxy groups -OCH3 is 1. The third-order valence-electron chi connectivity index (χ3n) is 7.17. The van der Waals surface area contributed by atoms with Crippen LogP contribution in [0.2, 0.25) is 0 Å². The summed E-state index contributed by atoms with van der Waals surface area (Å²) in [5.74, 6) is 1.89. The van der Waals surface area contributed by atoms with Crippen molar-refractivity contribution in [2.45, 2.75) is 63.5 Å². The van der Waals surface area contributed by atoms with Crippen molar-refractivity contribution >= 4 is 5.96 Å². The Morgan fingerprint density at radius 1 is 1.15 bits per heavy atom. The molecule has 1 aliphatic carbocycles. The van der Waals surface area contributed by atoms with Gasteiger partial charge in [0.05, 0.1) is 19.3 Å². The second-order valence-electron chi connectivity index (χ2n) is 9.43. The van der Waals surface area contributed by atoms with Gasteiger partial charge in [-0.2, -0.15) is 0 Å². The van der Waals surface area contributed by atoms with E-state index in [-0.39, 0.29) is 5.41 Å². The number of rotatable bonds is 8. The Balaban J connectivity index is 1.37. The molecule has 2 aromatic rings. The Labute approximate surface area is 198 Å². The van der Waals surface area contributed by atoms with Gasteiger partial charge >= 0.3 is 0 Å². The van der Waals surface area contributed by atoms with Crippen molar-refractivity contribution in [3.8, 4) is 5.75 Å². The van der Waals surface area contributed by atoms with Crippen LogP contribution in [0, 0.1) is 0 Å². The topological polar surface area (TPSA) is 61.8 Å². The zero-order chi connectivity index (χ0) is 22.9. The number of pyridine rings is 1. The first-order chi connectivity index (χ1) is 16.2. The van der Waals surface area contributed by atoms with Gasteiger partial charge in [-0.05, 0) is 62.4 Å². The molecule has 6 nitrogen and oxygen atoms in total. The number of nitrogens with one attached hydrogen (secondary N) is 2. The van der Waals surface area contributed by atoms with E-state index < -0.39 is 0 Å². The van der Waals surface area contributed by atoms with Crippen LogP contribution in [0.3, 0.4) is 0 Å². The molecular weight excluding hydrogens is 410 g/mol. The molecule has 1 aromatic heterocycles. The smallest absolute Gasteiger partial charge is 0.191 e. The van der Waals surface area contributed by atoms with Gasteiger partial charge in [0.2, 0.25) is 0 Å². The molecule has 0 spiro atoms. The number of hydrogen-bond donors (Lipinski definition) is 2. The molecule has 2 fully saturated rings. The van der Waals surface area contributed by atoms with Gasteiger partial charge in [0.1, 0.15) is 5.75 Å². The molecule has 2 aliphatic rings. The van der Waals surface area contributed by atoms with E-state index in [1.54, 1.807) is 7.11 Å². The van der Waals surface area contributed by atoms with Crippen molar-refractivity contribution in [1.29, 1.82) is 0 Å². The van der Waals surface area contributed by atoms with E-state index in [4.69, 9.17) is 9.73 Å². The first kappa shape index (κ1) is 23.6. The molecule has 6 heteroatoms. The average molecular weight is 450 g/mol. The Morgan fingerprint density at radius 2 is 1.97 bits per heavy atom. The lowest BCUT2D eigenvalue weighted by Crippen LogP contribution is -2.49. The molecule has 0 unspecified atom stereocenters. The van der Waals surface area contributed by atoms with Crippen LogP contribution in [0.25, 0.3) is 0 Å². The molecule has 2 N–H and O–H groups in total. The van der Waals surface area contributed by atoms with E-state index in [2.05, 4.69) is 57.8 Å². The van der Waals surface area contributed by atoms with Crippen molar-refractivity contribution in [2.75, 3.05) is 33.3 Å². The largest absolute Gasteiger partial charge is 0.497 e. The Morgan fingerprint density at radius 3 is 2.67 bits per heavy atom. The van der Waals surface area contributed by atoms with Gasteiger partial charge in [-0.1, -0.05) is 31.0 Å². The fraction of sp³-hybridized carbons (Fsp3) is 0.556. The van der Waals surface area contributed by atoms with Gasteiger partial charge in [0, 0.05) is 43.8 Å². The van der Waals surface area contributed by atoms with E-state index in [1.807, 2.05) is 18.3 Å². The highest BCUT2D eigenvalue weighted by atomic mass is 16.5. The third-order valence-corrected chi connectivity index (χ3v) is 7.17. The van der Waals surface area contributed by atoms with Gasteiger partial charge in [0.25, 0.3) is 0 Å². The molecule has 1 aromatic carbocycles. The maximum atomic E-state index is 5.50. The fourth-order valence-corrected chi connectivity index (χ4v) is 5.24. The summed E-state index contributed by atoms with van der Waals surface area (Å²) < 4.78 is 5.50. The summed E-state index contributed by atoms with van der Waals surface area (Å²) in [6.07, 6.45) is 9.04. The molecule has 1 saturated carbocycles. The van der Waals surface area contributed by atoms with Gasteiger partial charge < -0.3 is 15.4 Å². The lowest BCUT2D eigenvalue weighted by Gasteiger charge is -2.33. The first-order valence-corrected chi connectivity index (χ1v) is 12.5. The van der Waals surface area contributed by atoms with Gasteiger partial charge in [0.15, 0.2) is 5.96 Å². The van der Waals surface area contributed by atoms with Crippen LogP contribution >= 0.6 is 0 Å². The molecule has 2 heterocycles. The lowest BCUT2D eigenvalue weighted by atomic mass is 9.79. The molecule has 0 bridgehead atoms. The number of ether oxygens (including phenoxy) is 1. The molecule has 0 radical (unpaired) electrons. The van der Waals surface area contributed by atoms with Crippen LogP contribution < -0.4 is 15.4 Å². The highest BCUT2D eigenvalue weighted by Crippen LogP contribution is 2.42. The summed E-state index contributed by atoms with van der Waals surface area (Å²) in [4.78, 5) is 12.1. The van der Waals surface area contributed by atoms with Crippen LogP contribution in [0.5, 0.6) is 5.75 Å². The SMILES string of the molecule is CCNC(=NCC1(c2cccc(OC)c2)CCCC1)NC1CCN(Cc2ccccn2)CC1. The van der Waals surface area contributed by atoms with Crippen molar-refractivity contribution < 1.29 is 4.74 Å². The highest BCUT2D eigenvalue weighted by Gasteiger charge is 2.36. The monoisotopic (exact) mass is 449 g/mol. The van der Waals surface area contributed by atoms with Crippen molar-refractivity contribution in [1.82, 2.24) is 20.5 Å². The van der Waals surface area contributed by atoms with E-state index in [0.29, 0.717) is 6.04 Å². The summed E-state index contributed by atoms with van der Waals surface area (Å²) in [6, 6.07) is 15.2. The molecule has 1 saturated heterocycles. The summed E-state index contributed by atoms with van der Waals surface area (Å²) in [5, 5.41) is 7.22. The molecular formula is C27H39N5O. The van der Waals surface area contributed by atoms with Crippen molar-refractivity contribution in [2.24, 2.45) is 4.99 Å². The number of piperidine rings is 1. The van der Waals surface area contributed by atoms with E-state index in [1.165, 1.54) is 31.2 Å². The summed E-state index contributed by atoms with van der Waals surface area (Å²) >= 11 is 0. The van der Waals surface area contributed by atoms with E-state index in [0.717, 1.165) is 63.0 Å². The zero-order valence-electron chi connectivity index (χ0n) is 20.2. The molecule has 1 aliphatic heterocycles. The Kier molecular flexibility index (Phi) is 8.21. The molecule has 4 rings (SSSR count). The normalized spacial score (nSPS) is 19.4. The Hall–Kier alpha value is -2.60. The second kappa shape index (κ2) is 11.5. The minimum atomic E-state index is 0.114. The molecule has 0 atom stereocenters. The number of nitrogens with zero attached hydrogens (tertiary/aromatic N) is 3. The molecule has 178 valence electrons. The third kappa shape index (κ3) is 6.26. The standard InChI is InChI=1S/C27H39N5O/c1-3-28-26(31-23-12-17-32(18-13-23)20-24-10-4-7-16-29-24)30-21-27(14-5-6-15-27)22-9-8-11-25(19-22)33-2/h4,7-11,16,19,23H,3,5-6,12-15,17-18,20-21H2,1-2H3,(H2,28,30,31). The molecule has 33 heavy (non-hydrogen) atoms. The van der Waals surface area contributed by atoms with E-state index >= 15 is 0 Å². The second-order valence-corrected chi connectivity index (χ2v) is 9.43. The zero-order valence-corrected chi connectivity index (χ0v) is 20.2. The predicted molar refractivity (Wildman–Crippen MR) is 135 cm³/mol. The number of aliphatic imine (C=N–C) groups is 1. The quantitative estimate of drug-likeness (QED) is 0.469. The highest BCUT2D eigenvalue weighted by molar-refractivity contribution is 5.80. The average Bonchev–Trinajstić information content (AvgIpc) is 3.35. The fourth-order valence-electron chi connectivity index (χ4n) is 5.24.